The minimum atomic E-state index is -0.220. The van der Waals surface area contributed by atoms with E-state index in [9.17, 15) is 4.39 Å². The number of benzene rings is 2. The molecule has 2 aromatic rings. The maximum Gasteiger partial charge on any atom is 0.124 e. The van der Waals surface area contributed by atoms with Gasteiger partial charge >= 0.3 is 0 Å². The van der Waals surface area contributed by atoms with Crippen molar-refractivity contribution in [3.8, 4) is 5.75 Å². The van der Waals surface area contributed by atoms with Crippen molar-refractivity contribution >= 4 is 5.69 Å². The maximum atomic E-state index is 12.9. The zero-order valence-electron chi connectivity index (χ0n) is 9.90. The zero-order valence-corrected chi connectivity index (χ0v) is 9.90. The predicted octanol–water partition coefficient (Wildman–Crippen LogP) is 3.47. The molecule has 1 atom stereocenters. The molecule has 3 rings (SSSR count). The van der Waals surface area contributed by atoms with Crippen molar-refractivity contribution in [2.24, 2.45) is 0 Å². The predicted molar refractivity (Wildman–Crippen MR) is 68.9 cm³/mol. The normalized spacial score (nSPS) is 17.9. The Morgan fingerprint density at radius 1 is 1.11 bits per heavy atom. The second-order valence-corrected chi connectivity index (χ2v) is 4.56. The Morgan fingerprint density at radius 3 is 2.67 bits per heavy atom. The van der Waals surface area contributed by atoms with Crippen LogP contribution in [0.4, 0.5) is 10.1 Å². The summed E-state index contributed by atoms with van der Waals surface area (Å²) in [6, 6.07) is 12.2. The molecule has 0 amide bonds. The van der Waals surface area contributed by atoms with Crippen molar-refractivity contribution < 1.29 is 9.13 Å². The van der Waals surface area contributed by atoms with Crippen LogP contribution in [0.2, 0.25) is 0 Å². The number of aryl methyl sites for hydroxylation is 1. The third kappa shape index (κ3) is 2.04. The summed E-state index contributed by atoms with van der Waals surface area (Å²) >= 11 is 0. The highest BCUT2D eigenvalue weighted by atomic mass is 19.1. The van der Waals surface area contributed by atoms with Crippen LogP contribution in [-0.2, 0) is 6.42 Å². The van der Waals surface area contributed by atoms with E-state index in [0.29, 0.717) is 0 Å². The summed E-state index contributed by atoms with van der Waals surface area (Å²) in [5, 5.41) is 0. The first-order valence-electron chi connectivity index (χ1n) is 6.03. The van der Waals surface area contributed by atoms with E-state index < -0.39 is 0 Å². The van der Waals surface area contributed by atoms with Gasteiger partial charge in [0, 0.05) is 5.69 Å². The first kappa shape index (κ1) is 11.1. The molecule has 1 aliphatic heterocycles. The molecule has 0 saturated heterocycles. The fourth-order valence-electron chi connectivity index (χ4n) is 2.32. The van der Waals surface area contributed by atoms with Gasteiger partial charge in [0.25, 0.3) is 0 Å². The lowest BCUT2D eigenvalue weighted by Crippen LogP contribution is -2.15. The number of anilines is 1. The molecule has 0 fully saturated rings. The van der Waals surface area contributed by atoms with Crippen molar-refractivity contribution in [1.82, 2.24) is 0 Å². The summed E-state index contributed by atoms with van der Waals surface area (Å²) < 4.78 is 18.8. The van der Waals surface area contributed by atoms with Gasteiger partial charge in [0.15, 0.2) is 0 Å². The van der Waals surface area contributed by atoms with E-state index in [1.54, 1.807) is 12.1 Å². The van der Waals surface area contributed by atoms with Crippen LogP contribution in [0.25, 0.3) is 0 Å². The van der Waals surface area contributed by atoms with Crippen molar-refractivity contribution in [3.05, 3.63) is 59.4 Å². The first-order chi connectivity index (χ1) is 8.72. The summed E-state index contributed by atoms with van der Waals surface area (Å²) in [4.78, 5) is 0. The highest BCUT2D eigenvalue weighted by Crippen LogP contribution is 2.35. The Hall–Kier alpha value is -2.03. The van der Waals surface area contributed by atoms with Crippen LogP contribution in [0.5, 0.6) is 5.75 Å². The lowest BCUT2D eigenvalue weighted by Gasteiger charge is -2.26. The van der Waals surface area contributed by atoms with E-state index >= 15 is 0 Å². The molecule has 1 aliphatic rings. The molecular weight excluding hydrogens is 229 g/mol. The average molecular weight is 243 g/mol. The molecule has 2 nitrogen and oxygen atoms in total. The molecule has 0 aromatic heterocycles. The third-order valence-electron chi connectivity index (χ3n) is 3.27. The molecule has 92 valence electrons. The Morgan fingerprint density at radius 2 is 1.89 bits per heavy atom. The lowest BCUT2D eigenvalue weighted by atomic mass is 9.97. The van der Waals surface area contributed by atoms with Crippen LogP contribution in [0.15, 0.2) is 42.5 Å². The number of nitrogen functional groups attached to an aromatic ring is 1. The van der Waals surface area contributed by atoms with Gasteiger partial charge < -0.3 is 10.5 Å². The molecule has 1 unspecified atom stereocenters. The topological polar surface area (TPSA) is 35.2 Å². The highest BCUT2D eigenvalue weighted by molar-refractivity contribution is 5.49. The quantitative estimate of drug-likeness (QED) is 0.778. The molecule has 0 saturated carbocycles. The number of ether oxygens (including phenoxy) is 1. The molecule has 3 heteroatoms. The standard InChI is InChI=1S/C15H14FNO/c16-12-4-1-10(2-5-12)14-7-3-11-9-13(17)6-8-15(11)18-14/h1-2,4-6,8-9,14H,3,7,17H2. The number of hydrogen-bond donors (Lipinski definition) is 1. The molecule has 1 heterocycles. The van der Waals surface area contributed by atoms with Gasteiger partial charge in [-0.15, -0.1) is 0 Å². The molecule has 0 spiro atoms. The SMILES string of the molecule is Nc1ccc2c(c1)CCC(c1ccc(F)cc1)O2. The van der Waals surface area contributed by atoms with Gasteiger partial charge in [0.05, 0.1) is 0 Å². The molecule has 0 bridgehead atoms. The first-order valence-corrected chi connectivity index (χ1v) is 6.03. The molecule has 18 heavy (non-hydrogen) atoms. The summed E-state index contributed by atoms with van der Waals surface area (Å²) in [6.07, 6.45) is 1.83. The van der Waals surface area contributed by atoms with Crippen LogP contribution < -0.4 is 10.5 Å². The van der Waals surface area contributed by atoms with E-state index in [1.807, 2.05) is 18.2 Å². The second-order valence-electron chi connectivity index (χ2n) is 4.56. The second kappa shape index (κ2) is 4.33. The molecule has 0 radical (unpaired) electrons. The van der Waals surface area contributed by atoms with E-state index in [1.165, 1.54) is 12.1 Å². The van der Waals surface area contributed by atoms with Crippen LogP contribution in [0.3, 0.4) is 0 Å². The Bertz CT molecular complexity index is 565. The van der Waals surface area contributed by atoms with E-state index in [0.717, 1.165) is 35.4 Å². The molecular formula is C15H14FNO. The lowest BCUT2D eigenvalue weighted by molar-refractivity contribution is 0.176. The monoisotopic (exact) mass is 243 g/mol. The van der Waals surface area contributed by atoms with E-state index in [4.69, 9.17) is 10.5 Å². The molecule has 2 aromatic carbocycles. The number of fused-ring (bicyclic) bond motifs is 1. The van der Waals surface area contributed by atoms with E-state index in [2.05, 4.69) is 0 Å². The molecule has 0 aliphatic carbocycles. The van der Waals surface area contributed by atoms with Gasteiger partial charge in [-0.3, -0.25) is 0 Å². The summed E-state index contributed by atoms with van der Waals surface area (Å²) in [7, 11) is 0. The Balaban J connectivity index is 1.86. The van der Waals surface area contributed by atoms with Crippen molar-refractivity contribution in [1.29, 1.82) is 0 Å². The van der Waals surface area contributed by atoms with Gasteiger partial charge in [-0.25, -0.2) is 4.39 Å². The van der Waals surface area contributed by atoms with Crippen molar-refractivity contribution in [2.45, 2.75) is 18.9 Å². The van der Waals surface area contributed by atoms with Crippen LogP contribution in [0, 0.1) is 5.82 Å². The van der Waals surface area contributed by atoms with Crippen LogP contribution in [0.1, 0.15) is 23.7 Å². The van der Waals surface area contributed by atoms with Crippen LogP contribution in [-0.4, -0.2) is 0 Å². The third-order valence-corrected chi connectivity index (χ3v) is 3.27. The van der Waals surface area contributed by atoms with Crippen LogP contribution >= 0.6 is 0 Å². The Labute approximate surface area is 105 Å². The number of hydrogen-bond acceptors (Lipinski definition) is 2. The van der Waals surface area contributed by atoms with Gasteiger partial charge in [-0.05, 0) is 54.3 Å². The number of rotatable bonds is 1. The highest BCUT2D eigenvalue weighted by Gasteiger charge is 2.21. The maximum absolute atomic E-state index is 12.9. The van der Waals surface area contributed by atoms with Gasteiger partial charge in [-0.2, -0.15) is 0 Å². The summed E-state index contributed by atoms with van der Waals surface area (Å²) in [5.74, 6) is 0.660. The largest absolute Gasteiger partial charge is 0.485 e. The Kier molecular flexibility index (Phi) is 2.67. The van der Waals surface area contributed by atoms with Crippen molar-refractivity contribution in [3.63, 3.8) is 0 Å². The minimum absolute atomic E-state index is 0.00160. The summed E-state index contributed by atoms with van der Waals surface area (Å²) in [6.45, 7) is 0. The fourth-order valence-corrected chi connectivity index (χ4v) is 2.32. The minimum Gasteiger partial charge on any atom is -0.485 e. The fraction of sp³-hybridized carbons (Fsp3) is 0.200. The average Bonchev–Trinajstić information content (AvgIpc) is 2.39. The number of nitrogens with two attached hydrogens (primary N) is 1. The van der Waals surface area contributed by atoms with E-state index in [-0.39, 0.29) is 11.9 Å². The van der Waals surface area contributed by atoms with Crippen molar-refractivity contribution in [2.75, 3.05) is 5.73 Å². The number of halogens is 1. The van der Waals surface area contributed by atoms with Gasteiger partial charge in [0.2, 0.25) is 0 Å². The zero-order chi connectivity index (χ0) is 12.5. The summed E-state index contributed by atoms with van der Waals surface area (Å²) in [5.41, 5.74) is 8.67. The van der Waals surface area contributed by atoms with Gasteiger partial charge in [0.1, 0.15) is 17.7 Å². The van der Waals surface area contributed by atoms with Gasteiger partial charge in [-0.1, -0.05) is 12.1 Å². The molecule has 2 N–H and O–H groups in total. The smallest absolute Gasteiger partial charge is 0.124 e.